The molecule has 0 saturated heterocycles. The van der Waals surface area contributed by atoms with Gasteiger partial charge in [-0.25, -0.2) is 0 Å². The van der Waals surface area contributed by atoms with Gasteiger partial charge in [0.2, 0.25) is 0 Å². The summed E-state index contributed by atoms with van der Waals surface area (Å²) in [4.78, 5) is 0. The third kappa shape index (κ3) is 1.35. The Morgan fingerprint density at radius 1 is 1.57 bits per heavy atom. The first-order valence-electron chi connectivity index (χ1n) is 4.23. The van der Waals surface area contributed by atoms with Gasteiger partial charge in [-0.15, -0.1) is 11.3 Å². The smallest absolute Gasteiger partial charge is 0.0995 e. The number of nitrogens with zero attached hydrogens (tertiary/aromatic N) is 1. The largest absolute Gasteiger partial charge is 0.192 e. The molecule has 0 amide bonds. The molecule has 14 heavy (non-hydrogen) atoms. The highest BCUT2D eigenvalue weighted by Gasteiger charge is 2.09. The Morgan fingerprint density at radius 2 is 2.36 bits per heavy atom. The number of hydrogen-bond donors (Lipinski definition) is 0. The zero-order valence-corrected chi connectivity index (χ0v) is 10.1. The number of fused-ring (bicyclic) bond motifs is 1. The first-order chi connectivity index (χ1) is 6.77. The van der Waals surface area contributed by atoms with Crippen LogP contribution in [-0.4, -0.2) is 0 Å². The van der Waals surface area contributed by atoms with Crippen molar-refractivity contribution in [2.75, 3.05) is 0 Å². The van der Waals surface area contributed by atoms with Gasteiger partial charge in [0.05, 0.1) is 11.6 Å². The Balaban J connectivity index is 2.90. The topological polar surface area (TPSA) is 23.8 Å². The lowest BCUT2D eigenvalue weighted by atomic mass is 10.0. The molecule has 0 aliphatic rings. The van der Waals surface area contributed by atoms with Gasteiger partial charge in [-0.1, -0.05) is 15.9 Å². The number of hydrogen-bond acceptors (Lipinski definition) is 2. The molecule has 2 rings (SSSR count). The van der Waals surface area contributed by atoms with E-state index in [2.05, 4.69) is 40.4 Å². The molecule has 0 aliphatic carbocycles. The molecular formula is C11H8BrNS. The molecule has 0 saturated carbocycles. The van der Waals surface area contributed by atoms with Crippen LogP contribution in [0.1, 0.15) is 16.7 Å². The van der Waals surface area contributed by atoms with Gasteiger partial charge in [0, 0.05) is 10.0 Å². The minimum Gasteiger partial charge on any atom is -0.192 e. The van der Waals surface area contributed by atoms with E-state index in [0.717, 1.165) is 16.5 Å². The Labute approximate surface area is 95.1 Å². The standard InChI is InChI=1S/C11H8BrNS/c1-7-4-8(6-13)10(5-12)9-2-3-14-11(7)9/h2-4H,5H2,1H3. The summed E-state index contributed by atoms with van der Waals surface area (Å²) in [5, 5.41) is 13.0. The molecule has 0 atom stereocenters. The maximum atomic E-state index is 9.00. The maximum Gasteiger partial charge on any atom is 0.0995 e. The summed E-state index contributed by atoms with van der Waals surface area (Å²) in [5.74, 6) is 0. The van der Waals surface area contributed by atoms with E-state index >= 15 is 0 Å². The zero-order chi connectivity index (χ0) is 10.1. The second kappa shape index (κ2) is 3.72. The average Bonchev–Trinajstić information content (AvgIpc) is 2.66. The van der Waals surface area contributed by atoms with E-state index < -0.39 is 0 Å². The van der Waals surface area contributed by atoms with Gasteiger partial charge < -0.3 is 0 Å². The fourth-order valence-corrected chi connectivity index (χ4v) is 3.12. The Morgan fingerprint density at radius 3 is 3.00 bits per heavy atom. The number of alkyl halides is 1. The normalized spacial score (nSPS) is 10.4. The zero-order valence-electron chi connectivity index (χ0n) is 7.67. The van der Waals surface area contributed by atoms with Crippen LogP contribution in [0.2, 0.25) is 0 Å². The van der Waals surface area contributed by atoms with Crippen LogP contribution in [0.5, 0.6) is 0 Å². The van der Waals surface area contributed by atoms with E-state index in [1.807, 2.05) is 6.07 Å². The number of aryl methyl sites for hydroxylation is 1. The van der Waals surface area contributed by atoms with Crippen molar-refractivity contribution >= 4 is 37.4 Å². The maximum absolute atomic E-state index is 9.00. The van der Waals surface area contributed by atoms with E-state index in [1.54, 1.807) is 11.3 Å². The van der Waals surface area contributed by atoms with Gasteiger partial charge in [-0.05, 0) is 40.9 Å². The van der Waals surface area contributed by atoms with Crippen molar-refractivity contribution in [3.8, 4) is 6.07 Å². The van der Waals surface area contributed by atoms with Gasteiger partial charge in [0.15, 0.2) is 0 Å². The Hall–Kier alpha value is -0.850. The van der Waals surface area contributed by atoms with E-state index in [0.29, 0.717) is 0 Å². The summed E-state index contributed by atoms with van der Waals surface area (Å²) in [6, 6.07) is 6.30. The van der Waals surface area contributed by atoms with Crippen molar-refractivity contribution in [3.05, 3.63) is 34.2 Å². The monoisotopic (exact) mass is 265 g/mol. The molecule has 0 N–H and O–H groups in total. The van der Waals surface area contributed by atoms with Crippen LogP contribution in [0.15, 0.2) is 17.5 Å². The molecule has 0 unspecified atom stereocenters. The van der Waals surface area contributed by atoms with Crippen LogP contribution in [0, 0.1) is 18.3 Å². The van der Waals surface area contributed by atoms with Crippen LogP contribution < -0.4 is 0 Å². The molecule has 0 bridgehead atoms. The molecule has 0 spiro atoms. The van der Waals surface area contributed by atoms with Gasteiger partial charge >= 0.3 is 0 Å². The molecule has 0 radical (unpaired) electrons. The fourth-order valence-electron chi connectivity index (χ4n) is 1.61. The Bertz CT molecular complexity index is 522. The number of benzene rings is 1. The van der Waals surface area contributed by atoms with Gasteiger partial charge in [0.1, 0.15) is 0 Å². The molecule has 3 heteroatoms. The Kier molecular flexibility index (Phi) is 2.58. The molecular weight excluding hydrogens is 258 g/mol. The van der Waals surface area contributed by atoms with Gasteiger partial charge in [-0.2, -0.15) is 5.26 Å². The van der Waals surface area contributed by atoms with Crippen molar-refractivity contribution in [3.63, 3.8) is 0 Å². The van der Waals surface area contributed by atoms with Gasteiger partial charge in [-0.3, -0.25) is 0 Å². The van der Waals surface area contributed by atoms with E-state index in [4.69, 9.17) is 5.26 Å². The highest BCUT2D eigenvalue weighted by atomic mass is 79.9. The summed E-state index contributed by atoms with van der Waals surface area (Å²) in [5.41, 5.74) is 3.08. The van der Waals surface area contributed by atoms with Crippen molar-refractivity contribution in [2.24, 2.45) is 0 Å². The molecule has 1 nitrogen and oxygen atoms in total. The highest BCUT2D eigenvalue weighted by Crippen LogP contribution is 2.31. The van der Waals surface area contributed by atoms with Gasteiger partial charge in [0.25, 0.3) is 0 Å². The number of halogens is 1. The fraction of sp³-hybridized carbons (Fsp3) is 0.182. The van der Waals surface area contributed by atoms with Crippen molar-refractivity contribution in [2.45, 2.75) is 12.3 Å². The van der Waals surface area contributed by atoms with E-state index in [1.165, 1.54) is 15.6 Å². The highest BCUT2D eigenvalue weighted by molar-refractivity contribution is 9.08. The predicted octanol–water partition coefficient (Wildman–Crippen LogP) is 3.98. The first kappa shape index (κ1) is 9.70. The minimum atomic E-state index is 0.739. The molecule has 70 valence electrons. The molecule has 1 aromatic carbocycles. The molecule has 2 aromatic rings. The van der Waals surface area contributed by atoms with Crippen molar-refractivity contribution < 1.29 is 0 Å². The average molecular weight is 266 g/mol. The molecule has 1 heterocycles. The second-order valence-electron chi connectivity index (χ2n) is 3.13. The van der Waals surface area contributed by atoms with Crippen molar-refractivity contribution in [1.82, 2.24) is 0 Å². The molecule has 0 aliphatic heterocycles. The quantitative estimate of drug-likeness (QED) is 0.716. The predicted molar refractivity (Wildman–Crippen MR) is 63.9 cm³/mol. The summed E-state index contributed by atoms with van der Waals surface area (Å²) in [7, 11) is 0. The van der Waals surface area contributed by atoms with E-state index in [9.17, 15) is 0 Å². The SMILES string of the molecule is Cc1cc(C#N)c(CBr)c2ccsc12. The second-order valence-corrected chi connectivity index (χ2v) is 4.61. The molecule has 0 fully saturated rings. The van der Waals surface area contributed by atoms with Crippen LogP contribution in [0.3, 0.4) is 0 Å². The summed E-state index contributed by atoms with van der Waals surface area (Å²) in [6.45, 7) is 2.05. The number of nitriles is 1. The minimum absolute atomic E-state index is 0.739. The third-order valence-corrected chi connectivity index (χ3v) is 3.90. The first-order valence-corrected chi connectivity index (χ1v) is 6.23. The lowest BCUT2D eigenvalue weighted by Crippen LogP contribution is -1.88. The van der Waals surface area contributed by atoms with Crippen LogP contribution in [0.25, 0.3) is 10.1 Å². The van der Waals surface area contributed by atoms with Crippen LogP contribution in [-0.2, 0) is 5.33 Å². The van der Waals surface area contributed by atoms with Crippen LogP contribution >= 0.6 is 27.3 Å². The van der Waals surface area contributed by atoms with E-state index in [-0.39, 0.29) is 0 Å². The third-order valence-electron chi connectivity index (χ3n) is 2.29. The number of thiophene rings is 1. The lowest BCUT2D eigenvalue weighted by Gasteiger charge is -2.04. The number of rotatable bonds is 1. The summed E-state index contributed by atoms with van der Waals surface area (Å²) < 4.78 is 1.29. The summed E-state index contributed by atoms with van der Waals surface area (Å²) >= 11 is 5.17. The molecule has 1 aromatic heterocycles. The summed E-state index contributed by atoms with van der Waals surface area (Å²) in [6.07, 6.45) is 0. The lowest BCUT2D eigenvalue weighted by molar-refractivity contribution is 1.39. The van der Waals surface area contributed by atoms with Crippen LogP contribution in [0.4, 0.5) is 0 Å². The van der Waals surface area contributed by atoms with Crippen molar-refractivity contribution in [1.29, 1.82) is 5.26 Å².